The number of rotatable bonds is 2. The van der Waals surface area contributed by atoms with Gasteiger partial charge in [-0.05, 0) is 60.9 Å². The molecule has 244 valence electrons. The number of aromatic nitrogens is 5. The number of aryl methyl sites for hydroxylation is 1. The van der Waals surface area contributed by atoms with Crippen LogP contribution >= 0.6 is 11.6 Å². The van der Waals surface area contributed by atoms with Gasteiger partial charge < -0.3 is 10.4 Å². The third-order valence-corrected chi connectivity index (χ3v) is 7.94. The summed E-state index contributed by atoms with van der Waals surface area (Å²) in [5.74, 6) is -3.58. The van der Waals surface area contributed by atoms with Crippen molar-refractivity contribution in [3.05, 3.63) is 94.1 Å². The van der Waals surface area contributed by atoms with Crippen molar-refractivity contribution in [1.29, 1.82) is 0 Å². The van der Waals surface area contributed by atoms with Crippen LogP contribution in [0.5, 0.6) is 0 Å². The first-order valence-corrected chi connectivity index (χ1v) is 14.7. The molecule has 2 bridgehead atoms. The van der Waals surface area contributed by atoms with Crippen LogP contribution in [0.15, 0.2) is 72.0 Å². The molecular weight excluding hydrogens is 644 g/mol. The number of benzene rings is 2. The van der Waals surface area contributed by atoms with E-state index < -0.39 is 24.0 Å². The summed E-state index contributed by atoms with van der Waals surface area (Å²) in [4.78, 5) is 44.7. The lowest BCUT2D eigenvalue weighted by atomic mass is 9.95. The molecule has 1 aliphatic rings. The van der Waals surface area contributed by atoms with E-state index in [4.69, 9.17) is 21.5 Å². The van der Waals surface area contributed by atoms with Crippen LogP contribution in [-0.2, 0) is 16.6 Å². The van der Waals surface area contributed by atoms with Crippen molar-refractivity contribution in [2.75, 3.05) is 5.32 Å². The molecule has 0 aliphatic carbocycles. The topological polar surface area (TPSA) is 132 Å². The normalized spacial score (nSPS) is 16.6. The van der Waals surface area contributed by atoms with Gasteiger partial charge in [-0.3, -0.25) is 23.8 Å². The minimum Gasteiger partial charge on any atom is -0.475 e. The van der Waals surface area contributed by atoms with Gasteiger partial charge in [0, 0.05) is 52.5 Å². The number of nitrogens with one attached hydrogen (secondary N) is 1. The number of fused-ring (bicyclic) bond motifs is 5. The van der Waals surface area contributed by atoms with Gasteiger partial charge >= 0.3 is 12.1 Å². The number of carboxylic acid groups (broad SMARTS) is 1. The van der Waals surface area contributed by atoms with Gasteiger partial charge in [-0.15, -0.1) is 0 Å². The highest BCUT2D eigenvalue weighted by molar-refractivity contribution is 6.31. The molecule has 1 aliphatic heterocycles. The summed E-state index contributed by atoms with van der Waals surface area (Å²) in [6.07, 6.45) is 1.67. The second kappa shape index (κ2) is 13.3. The van der Waals surface area contributed by atoms with Crippen LogP contribution < -0.4 is 10.9 Å². The smallest absolute Gasteiger partial charge is 0.475 e. The zero-order valence-electron chi connectivity index (χ0n) is 24.9. The van der Waals surface area contributed by atoms with Crippen molar-refractivity contribution < 1.29 is 32.3 Å². The Morgan fingerprint density at radius 1 is 1.04 bits per heavy atom. The fraction of sp³-hybridized carbons (Fsp3) is 0.250. The molecule has 1 amide bonds. The van der Waals surface area contributed by atoms with Crippen LogP contribution in [0.4, 0.5) is 23.2 Å². The second-order valence-electron chi connectivity index (χ2n) is 11.0. The van der Waals surface area contributed by atoms with Gasteiger partial charge in [0.1, 0.15) is 5.82 Å². The zero-order valence-corrected chi connectivity index (χ0v) is 25.7. The molecule has 2 atom stereocenters. The predicted molar refractivity (Wildman–Crippen MR) is 166 cm³/mol. The quantitative estimate of drug-likeness (QED) is 0.202. The van der Waals surface area contributed by atoms with Crippen LogP contribution in [0.25, 0.3) is 33.3 Å². The summed E-state index contributed by atoms with van der Waals surface area (Å²) in [6, 6.07) is 12.6. The summed E-state index contributed by atoms with van der Waals surface area (Å²) in [7, 11) is 1.83. The Morgan fingerprint density at radius 3 is 2.49 bits per heavy atom. The fourth-order valence-electron chi connectivity index (χ4n) is 5.37. The average molecular weight is 671 g/mol. The Labute approximate surface area is 269 Å². The van der Waals surface area contributed by atoms with Crippen LogP contribution in [0, 0.1) is 11.7 Å². The maximum absolute atomic E-state index is 14.3. The van der Waals surface area contributed by atoms with Crippen molar-refractivity contribution in [3.63, 3.8) is 0 Å². The number of nitrogens with zero attached hydrogens (tertiary/aromatic N) is 5. The summed E-state index contributed by atoms with van der Waals surface area (Å²) >= 11 is 6.36. The molecule has 0 saturated heterocycles. The van der Waals surface area contributed by atoms with Gasteiger partial charge in [0.25, 0.3) is 5.56 Å². The molecule has 15 heteroatoms. The molecule has 0 radical (unpaired) electrons. The van der Waals surface area contributed by atoms with Gasteiger partial charge in [-0.25, -0.2) is 14.2 Å². The number of aliphatic carboxylic acids is 1. The van der Waals surface area contributed by atoms with Crippen molar-refractivity contribution >= 4 is 40.1 Å². The Kier molecular flexibility index (Phi) is 9.43. The van der Waals surface area contributed by atoms with E-state index in [0.29, 0.717) is 58.1 Å². The Bertz CT molecular complexity index is 2040. The maximum Gasteiger partial charge on any atom is 0.490 e. The molecular formula is C32H27ClF4N6O4. The third-order valence-electron chi connectivity index (χ3n) is 7.72. The van der Waals surface area contributed by atoms with E-state index in [0.717, 1.165) is 10.9 Å². The van der Waals surface area contributed by atoms with Gasteiger partial charge in [-0.2, -0.15) is 18.3 Å². The number of anilines is 1. The molecule has 0 fully saturated rings. The number of alkyl halides is 3. The molecule has 0 spiro atoms. The Hall–Kier alpha value is -5.11. The van der Waals surface area contributed by atoms with E-state index in [9.17, 15) is 27.2 Å². The van der Waals surface area contributed by atoms with E-state index in [2.05, 4.69) is 20.4 Å². The van der Waals surface area contributed by atoms with Gasteiger partial charge in [0.15, 0.2) is 0 Å². The average Bonchev–Trinajstić information content (AvgIpc) is 3.39. The third kappa shape index (κ3) is 7.32. The first kappa shape index (κ1) is 33.3. The van der Waals surface area contributed by atoms with Crippen LogP contribution in [0.2, 0.25) is 5.02 Å². The first-order valence-electron chi connectivity index (χ1n) is 14.3. The van der Waals surface area contributed by atoms with E-state index in [-0.39, 0.29) is 17.4 Å². The fourth-order valence-corrected chi connectivity index (χ4v) is 5.60. The Balaban J connectivity index is 0.000000559. The summed E-state index contributed by atoms with van der Waals surface area (Å²) in [5, 5.41) is 15.8. The van der Waals surface area contributed by atoms with Crippen LogP contribution in [0.3, 0.4) is 0 Å². The molecule has 47 heavy (non-hydrogen) atoms. The molecule has 3 aromatic heterocycles. The molecule has 5 aromatic rings. The van der Waals surface area contributed by atoms with E-state index in [1.54, 1.807) is 39.8 Å². The van der Waals surface area contributed by atoms with Crippen LogP contribution in [0.1, 0.15) is 37.9 Å². The van der Waals surface area contributed by atoms with Crippen molar-refractivity contribution in [1.82, 2.24) is 24.3 Å². The minimum atomic E-state index is -5.08. The van der Waals surface area contributed by atoms with Crippen LogP contribution in [-0.4, -0.2) is 47.5 Å². The molecule has 10 nitrogen and oxygen atoms in total. The number of carbonyl (C=O) groups is 2. The highest BCUT2D eigenvalue weighted by Crippen LogP contribution is 2.34. The number of hydrogen-bond acceptors (Lipinski definition) is 6. The molecule has 2 aromatic carbocycles. The largest absolute Gasteiger partial charge is 0.490 e. The highest BCUT2D eigenvalue weighted by atomic mass is 35.5. The summed E-state index contributed by atoms with van der Waals surface area (Å²) < 4.78 is 49.3. The molecule has 2 N–H and O–H groups in total. The lowest BCUT2D eigenvalue weighted by molar-refractivity contribution is -0.192. The van der Waals surface area contributed by atoms with E-state index in [1.807, 2.05) is 26.1 Å². The SMILES string of the molecule is C[C@@H]1CCC[C@H](n2cnc(-c3cc(Cl)cc4cnn(C)c34)cc2=O)c2cc(ccn2)-c2cc(F)ccc2NC1=O.O=C(O)C(F)(F)F. The Morgan fingerprint density at radius 2 is 1.79 bits per heavy atom. The number of carbonyl (C=O) groups excluding carboxylic acids is 1. The number of hydrogen-bond donors (Lipinski definition) is 2. The van der Waals surface area contributed by atoms with Crippen molar-refractivity contribution in [3.8, 4) is 22.4 Å². The standard InChI is InChI=1S/C30H26ClFN6O2.C2HF3O2/c1-17-4-3-5-27(26-11-18(8-9-33-26)22-13-21(32)6-7-24(22)36-30(17)40)38-16-34-25(14-28(38)39)23-12-20(31)10-19-15-35-37(2)29(19)23;3-2(4,5)1(6)7/h6-17,27H,3-5H2,1-2H3,(H,36,40);(H,6,7)/t17-,27+;/m1./s1. The van der Waals surface area contributed by atoms with Crippen molar-refractivity contribution in [2.45, 2.75) is 38.4 Å². The monoisotopic (exact) mass is 670 g/mol. The molecule has 0 saturated carbocycles. The molecule has 0 unspecified atom stereocenters. The number of carboxylic acids is 1. The predicted octanol–water partition coefficient (Wildman–Crippen LogP) is 6.63. The van der Waals surface area contributed by atoms with Gasteiger partial charge in [0.05, 0.1) is 35.5 Å². The number of amides is 1. The summed E-state index contributed by atoms with van der Waals surface area (Å²) in [5.41, 5.74) is 4.19. The summed E-state index contributed by atoms with van der Waals surface area (Å²) in [6.45, 7) is 1.86. The van der Waals surface area contributed by atoms with E-state index >= 15 is 0 Å². The maximum atomic E-state index is 14.3. The zero-order chi connectivity index (χ0) is 34.0. The van der Waals surface area contributed by atoms with Gasteiger partial charge in [-0.1, -0.05) is 24.9 Å². The number of halogens is 5. The molecule has 6 rings (SSSR count). The van der Waals surface area contributed by atoms with E-state index in [1.165, 1.54) is 24.5 Å². The number of pyridine rings is 1. The highest BCUT2D eigenvalue weighted by Gasteiger charge is 2.38. The van der Waals surface area contributed by atoms with Gasteiger partial charge in [0.2, 0.25) is 5.91 Å². The molecule has 4 heterocycles. The van der Waals surface area contributed by atoms with Crippen molar-refractivity contribution in [2.24, 2.45) is 13.0 Å². The lowest BCUT2D eigenvalue weighted by Gasteiger charge is -2.23. The second-order valence-corrected chi connectivity index (χ2v) is 11.4. The minimum absolute atomic E-state index is 0.134. The lowest BCUT2D eigenvalue weighted by Crippen LogP contribution is -2.27. The first-order chi connectivity index (χ1) is 22.2.